The second-order valence-electron chi connectivity index (χ2n) is 6.24. The molecule has 0 aromatic heterocycles. The Bertz CT molecular complexity index is 786. The lowest BCUT2D eigenvalue weighted by Crippen LogP contribution is -2.48. The first-order valence-corrected chi connectivity index (χ1v) is 9.13. The summed E-state index contributed by atoms with van der Waals surface area (Å²) in [6, 6.07) is 15.8. The fourth-order valence-electron chi connectivity index (χ4n) is 2.31. The van der Waals surface area contributed by atoms with Gasteiger partial charge in [-0.3, -0.25) is 9.59 Å². The summed E-state index contributed by atoms with van der Waals surface area (Å²) in [4.78, 5) is 24.8. The molecule has 2 amide bonds. The van der Waals surface area contributed by atoms with Gasteiger partial charge in [0.2, 0.25) is 0 Å². The predicted molar refractivity (Wildman–Crippen MR) is 107 cm³/mol. The molecule has 5 nitrogen and oxygen atoms in total. The van der Waals surface area contributed by atoms with Crippen molar-refractivity contribution in [1.29, 1.82) is 0 Å². The maximum Gasteiger partial charge on any atom is 0.262 e. The lowest BCUT2D eigenvalue weighted by Gasteiger charge is -2.20. The molecule has 1 atom stereocenters. The van der Waals surface area contributed by atoms with Gasteiger partial charge in [-0.25, -0.2) is 5.43 Å². The lowest BCUT2D eigenvalue weighted by atomic mass is 10.0. The first kappa shape index (κ1) is 19.8. The quantitative estimate of drug-likeness (QED) is 0.556. The summed E-state index contributed by atoms with van der Waals surface area (Å²) >= 11 is 3.38. The second-order valence-corrected chi connectivity index (χ2v) is 7.16. The van der Waals surface area contributed by atoms with Crippen LogP contribution in [0.1, 0.15) is 36.7 Å². The van der Waals surface area contributed by atoms with Gasteiger partial charge in [-0.1, -0.05) is 60.1 Å². The normalized spacial score (nSPS) is 12.6. The second kappa shape index (κ2) is 9.29. The number of benzene rings is 2. The average molecular weight is 416 g/mol. The zero-order valence-corrected chi connectivity index (χ0v) is 16.6. The molecule has 26 heavy (non-hydrogen) atoms. The van der Waals surface area contributed by atoms with Crippen molar-refractivity contribution in [2.45, 2.75) is 26.8 Å². The number of hydrazone groups is 1. The molecule has 0 aliphatic carbocycles. The van der Waals surface area contributed by atoms with Crippen LogP contribution in [0.5, 0.6) is 0 Å². The Hall–Kier alpha value is -2.47. The van der Waals surface area contributed by atoms with E-state index in [2.05, 4.69) is 31.8 Å². The van der Waals surface area contributed by atoms with Crippen molar-refractivity contribution in [2.24, 2.45) is 11.0 Å². The van der Waals surface area contributed by atoms with Crippen molar-refractivity contribution in [3.05, 3.63) is 70.2 Å². The monoisotopic (exact) mass is 415 g/mol. The molecule has 0 heterocycles. The Morgan fingerprint density at radius 2 is 1.58 bits per heavy atom. The fraction of sp³-hybridized carbons (Fsp3) is 0.250. The molecule has 0 bridgehead atoms. The van der Waals surface area contributed by atoms with Gasteiger partial charge in [0, 0.05) is 10.0 Å². The Balaban J connectivity index is 2.05. The van der Waals surface area contributed by atoms with Crippen LogP contribution < -0.4 is 10.7 Å². The Morgan fingerprint density at radius 3 is 2.15 bits per heavy atom. The standard InChI is InChI=1S/C20H22BrN3O2/c1-13(2)18(22-19(25)16-7-5-4-6-8-16)20(26)24-23-14(3)15-9-11-17(21)12-10-15/h4-13,18H,1-3H3,(H,22,25)(H,24,26). The highest BCUT2D eigenvalue weighted by molar-refractivity contribution is 9.10. The summed E-state index contributed by atoms with van der Waals surface area (Å²) in [6.45, 7) is 5.57. The molecular formula is C20H22BrN3O2. The van der Waals surface area contributed by atoms with Gasteiger partial charge in [-0.15, -0.1) is 0 Å². The molecule has 0 saturated carbocycles. The van der Waals surface area contributed by atoms with E-state index in [1.54, 1.807) is 24.3 Å². The number of carbonyl (C=O) groups is 2. The summed E-state index contributed by atoms with van der Waals surface area (Å²) in [7, 11) is 0. The SMILES string of the molecule is CC(=NNC(=O)C(NC(=O)c1ccccc1)C(C)C)c1ccc(Br)cc1. The molecule has 1 unspecified atom stereocenters. The first-order chi connectivity index (χ1) is 12.4. The molecule has 2 aromatic carbocycles. The number of carbonyl (C=O) groups excluding carboxylic acids is 2. The maximum absolute atomic E-state index is 12.5. The van der Waals surface area contributed by atoms with E-state index in [4.69, 9.17) is 0 Å². The highest BCUT2D eigenvalue weighted by Crippen LogP contribution is 2.11. The van der Waals surface area contributed by atoms with Crippen LogP contribution in [-0.2, 0) is 4.79 Å². The summed E-state index contributed by atoms with van der Waals surface area (Å²) in [5.74, 6) is -0.709. The minimum absolute atomic E-state index is 0.0779. The van der Waals surface area contributed by atoms with Crippen LogP contribution in [0.15, 0.2) is 64.2 Å². The van der Waals surface area contributed by atoms with E-state index in [-0.39, 0.29) is 17.7 Å². The van der Waals surface area contributed by atoms with Crippen molar-refractivity contribution in [1.82, 2.24) is 10.7 Å². The van der Waals surface area contributed by atoms with Crippen molar-refractivity contribution >= 4 is 33.5 Å². The minimum Gasteiger partial charge on any atom is -0.340 e. The molecule has 0 spiro atoms. The molecule has 136 valence electrons. The Morgan fingerprint density at radius 1 is 0.962 bits per heavy atom. The Labute approximate surface area is 162 Å². The van der Waals surface area contributed by atoms with Gasteiger partial charge in [-0.2, -0.15) is 5.10 Å². The summed E-state index contributed by atoms with van der Waals surface area (Å²) in [5, 5.41) is 6.93. The molecule has 0 radical (unpaired) electrons. The first-order valence-electron chi connectivity index (χ1n) is 8.34. The van der Waals surface area contributed by atoms with Crippen LogP contribution in [-0.4, -0.2) is 23.6 Å². The van der Waals surface area contributed by atoms with E-state index in [1.165, 1.54) is 0 Å². The molecular weight excluding hydrogens is 394 g/mol. The van der Waals surface area contributed by atoms with Crippen LogP contribution >= 0.6 is 15.9 Å². The van der Waals surface area contributed by atoms with Crippen LogP contribution in [0.2, 0.25) is 0 Å². The van der Waals surface area contributed by atoms with E-state index < -0.39 is 6.04 Å². The van der Waals surface area contributed by atoms with Crippen LogP contribution in [0.25, 0.3) is 0 Å². The summed E-state index contributed by atoms with van der Waals surface area (Å²) in [5.41, 5.74) is 4.66. The van der Waals surface area contributed by atoms with Gasteiger partial charge in [-0.05, 0) is 42.7 Å². The van der Waals surface area contributed by atoms with Crippen molar-refractivity contribution in [3.8, 4) is 0 Å². The zero-order chi connectivity index (χ0) is 19.1. The maximum atomic E-state index is 12.5. The van der Waals surface area contributed by atoms with Crippen molar-refractivity contribution in [2.75, 3.05) is 0 Å². The number of halogens is 1. The number of rotatable bonds is 6. The van der Waals surface area contributed by atoms with E-state index in [9.17, 15) is 9.59 Å². The van der Waals surface area contributed by atoms with E-state index in [0.29, 0.717) is 11.3 Å². The van der Waals surface area contributed by atoms with Crippen molar-refractivity contribution in [3.63, 3.8) is 0 Å². The topological polar surface area (TPSA) is 70.6 Å². The summed E-state index contributed by atoms with van der Waals surface area (Å²) in [6.07, 6.45) is 0. The van der Waals surface area contributed by atoms with Gasteiger partial charge >= 0.3 is 0 Å². The van der Waals surface area contributed by atoms with Crippen molar-refractivity contribution < 1.29 is 9.59 Å². The Kier molecular flexibility index (Phi) is 7.09. The molecule has 0 aliphatic heterocycles. The molecule has 0 fully saturated rings. The van der Waals surface area contributed by atoms with E-state index in [0.717, 1.165) is 10.0 Å². The molecule has 2 N–H and O–H groups in total. The molecule has 0 saturated heterocycles. The van der Waals surface area contributed by atoms with Crippen LogP contribution in [0.4, 0.5) is 0 Å². The third kappa shape index (κ3) is 5.52. The summed E-state index contributed by atoms with van der Waals surface area (Å²) < 4.78 is 0.974. The number of nitrogens with one attached hydrogen (secondary N) is 2. The number of hydrogen-bond acceptors (Lipinski definition) is 3. The third-order valence-electron chi connectivity index (χ3n) is 3.87. The highest BCUT2D eigenvalue weighted by atomic mass is 79.9. The van der Waals surface area contributed by atoms with Gasteiger partial charge < -0.3 is 5.32 Å². The molecule has 2 rings (SSSR count). The average Bonchev–Trinajstić information content (AvgIpc) is 2.64. The number of hydrogen-bond donors (Lipinski definition) is 2. The number of amides is 2. The fourth-order valence-corrected chi connectivity index (χ4v) is 2.58. The van der Waals surface area contributed by atoms with Gasteiger partial charge in [0.25, 0.3) is 11.8 Å². The molecule has 2 aromatic rings. The van der Waals surface area contributed by atoms with E-state index in [1.807, 2.05) is 51.1 Å². The zero-order valence-electron chi connectivity index (χ0n) is 15.0. The lowest BCUT2D eigenvalue weighted by molar-refractivity contribution is -0.123. The van der Waals surface area contributed by atoms with Crippen LogP contribution in [0, 0.1) is 5.92 Å². The van der Waals surface area contributed by atoms with E-state index >= 15 is 0 Å². The van der Waals surface area contributed by atoms with Crippen LogP contribution in [0.3, 0.4) is 0 Å². The molecule has 0 aliphatic rings. The third-order valence-corrected chi connectivity index (χ3v) is 4.40. The van der Waals surface area contributed by atoms with Gasteiger partial charge in [0.15, 0.2) is 0 Å². The van der Waals surface area contributed by atoms with Gasteiger partial charge in [0.05, 0.1) is 5.71 Å². The minimum atomic E-state index is -0.677. The molecule has 6 heteroatoms. The highest BCUT2D eigenvalue weighted by Gasteiger charge is 2.24. The smallest absolute Gasteiger partial charge is 0.262 e. The predicted octanol–water partition coefficient (Wildman–Crippen LogP) is 3.74. The largest absolute Gasteiger partial charge is 0.340 e. The number of nitrogens with zero attached hydrogens (tertiary/aromatic N) is 1. The van der Waals surface area contributed by atoms with Gasteiger partial charge in [0.1, 0.15) is 6.04 Å².